The van der Waals surface area contributed by atoms with Gasteiger partial charge >= 0.3 is 5.69 Å². The van der Waals surface area contributed by atoms with Gasteiger partial charge in [-0.3, -0.25) is 18.7 Å². The lowest BCUT2D eigenvalue weighted by atomic mass is 10.2. The lowest BCUT2D eigenvalue weighted by Gasteiger charge is -2.11. The maximum Gasteiger partial charge on any atom is 0.332 e. The molecule has 0 aromatic carbocycles. The van der Waals surface area contributed by atoms with Gasteiger partial charge in [-0.15, -0.1) is 11.3 Å². The Balaban J connectivity index is 2.17. The Morgan fingerprint density at radius 1 is 1.35 bits per heavy atom. The Hall–Kier alpha value is -1.93. The molecule has 0 fully saturated rings. The summed E-state index contributed by atoms with van der Waals surface area (Å²) in [6.45, 7) is 2.37. The van der Waals surface area contributed by atoms with Crippen LogP contribution in [0.3, 0.4) is 0 Å². The Labute approximate surface area is 144 Å². The summed E-state index contributed by atoms with van der Waals surface area (Å²) in [7, 11) is 1.39. The predicted octanol–water partition coefficient (Wildman–Crippen LogP) is 2.43. The van der Waals surface area contributed by atoms with Crippen LogP contribution in [-0.4, -0.2) is 14.9 Å². The van der Waals surface area contributed by atoms with E-state index in [4.69, 9.17) is 0 Å². The molecule has 0 unspecified atom stereocenters. The highest BCUT2D eigenvalue weighted by atomic mass is 79.9. The third kappa shape index (κ3) is 2.61. The molecule has 1 N–H and O–H groups in total. The van der Waals surface area contributed by atoms with Crippen LogP contribution in [0.15, 0.2) is 31.2 Å². The number of fused-ring (bicyclic) bond motifs is 1. The molecular weight excluding hydrogens is 382 g/mol. The smallest absolute Gasteiger partial charge is 0.332 e. The Bertz CT molecular complexity index is 952. The van der Waals surface area contributed by atoms with Gasteiger partial charge in [0.25, 0.3) is 5.56 Å². The topological polar surface area (TPSA) is 73.1 Å². The Morgan fingerprint density at radius 3 is 2.70 bits per heavy atom. The molecule has 0 aliphatic carbocycles. The van der Waals surface area contributed by atoms with E-state index in [0.29, 0.717) is 18.1 Å². The van der Waals surface area contributed by atoms with Crippen LogP contribution >= 0.6 is 27.3 Å². The highest BCUT2D eigenvalue weighted by Crippen LogP contribution is 2.28. The van der Waals surface area contributed by atoms with E-state index in [1.807, 2.05) is 18.4 Å². The maximum absolute atomic E-state index is 12.6. The van der Waals surface area contributed by atoms with Crippen LogP contribution in [0.1, 0.15) is 28.6 Å². The molecule has 3 heterocycles. The van der Waals surface area contributed by atoms with Gasteiger partial charge in [-0.05, 0) is 34.5 Å². The number of anilines is 1. The molecule has 8 heteroatoms. The second-order valence-electron chi connectivity index (χ2n) is 5.20. The summed E-state index contributed by atoms with van der Waals surface area (Å²) in [5.41, 5.74) is -0.647. The van der Waals surface area contributed by atoms with Gasteiger partial charge in [-0.2, -0.15) is 0 Å². The molecule has 0 atom stereocenters. The van der Waals surface area contributed by atoms with Crippen molar-refractivity contribution < 1.29 is 4.79 Å². The van der Waals surface area contributed by atoms with Crippen LogP contribution in [-0.2, 0) is 13.6 Å². The van der Waals surface area contributed by atoms with Gasteiger partial charge in [0, 0.05) is 28.3 Å². The van der Waals surface area contributed by atoms with Gasteiger partial charge in [0.2, 0.25) is 5.78 Å². The molecule has 6 nitrogen and oxygen atoms in total. The molecule has 1 aliphatic rings. The summed E-state index contributed by atoms with van der Waals surface area (Å²) >= 11 is 4.84. The normalized spacial score (nSPS) is 15.1. The van der Waals surface area contributed by atoms with Gasteiger partial charge in [-0.25, -0.2) is 4.79 Å². The number of Topliss-reactive ketones (excluding diaryl/α,β-unsaturated/α-hetero) is 1. The fourth-order valence-corrected chi connectivity index (χ4v) is 3.88. The second-order valence-corrected chi connectivity index (χ2v) is 7.06. The Kier molecular flexibility index (Phi) is 4.11. The number of hydrogen-bond donors (Lipinski definition) is 1. The monoisotopic (exact) mass is 395 g/mol. The first kappa shape index (κ1) is 15.9. The summed E-state index contributed by atoms with van der Waals surface area (Å²) in [6, 6.07) is 1.88. The minimum absolute atomic E-state index is 0.0300. The van der Waals surface area contributed by atoms with Crippen molar-refractivity contribution in [1.82, 2.24) is 9.13 Å². The average Bonchev–Trinajstić information content (AvgIpc) is 3.06. The maximum atomic E-state index is 12.6. The number of halogens is 1. The number of nitrogens with zero attached hydrogens (tertiary/aromatic N) is 2. The SMILES string of the molecule is CCCn1c2c(c(=O)n(C)c1=O)C(=O)/C(=C/c1cc(Br)cs1)N2. The van der Waals surface area contributed by atoms with Crippen molar-refractivity contribution >= 4 is 44.9 Å². The van der Waals surface area contributed by atoms with Crippen LogP contribution in [0.4, 0.5) is 5.82 Å². The van der Waals surface area contributed by atoms with Gasteiger partial charge in [-0.1, -0.05) is 6.92 Å². The zero-order valence-corrected chi connectivity index (χ0v) is 15.0. The molecule has 2 aromatic heterocycles. The number of thiophene rings is 1. The minimum atomic E-state index is -0.564. The number of aromatic nitrogens is 2. The lowest BCUT2D eigenvalue weighted by Crippen LogP contribution is -2.40. The van der Waals surface area contributed by atoms with Crippen LogP contribution < -0.4 is 16.6 Å². The lowest BCUT2D eigenvalue weighted by molar-refractivity contribution is 0.104. The number of rotatable bonds is 3. The standard InChI is InChI=1S/C15H14BrN3O3S/c1-3-4-19-13-11(14(21)18(2)15(19)22)12(20)10(17-13)6-9-5-8(16)7-23-9/h5-7,17H,3-4H2,1-2H3/b10-6-. The number of allylic oxidation sites excluding steroid dienone is 1. The Morgan fingerprint density at radius 2 is 2.09 bits per heavy atom. The first-order valence-corrected chi connectivity index (χ1v) is 8.72. The number of nitrogens with one attached hydrogen (secondary N) is 1. The van der Waals surface area contributed by atoms with E-state index >= 15 is 0 Å². The van der Waals surface area contributed by atoms with Crippen molar-refractivity contribution in [1.29, 1.82) is 0 Å². The van der Waals surface area contributed by atoms with E-state index in [0.717, 1.165) is 20.3 Å². The van der Waals surface area contributed by atoms with Crippen LogP contribution in [0.2, 0.25) is 0 Å². The van der Waals surface area contributed by atoms with Crippen LogP contribution in [0.5, 0.6) is 0 Å². The first-order chi connectivity index (χ1) is 10.9. The van der Waals surface area contributed by atoms with Gasteiger partial charge in [0.15, 0.2) is 0 Å². The molecule has 0 saturated carbocycles. The van der Waals surface area contributed by atoms with Crippen molar-refractivity contribution in [2.45, 2.75) is 19.9 Å². The van der Waals surface area contributed by atoms with Crippen LogP contribution in [0, 0.1) is 0 Å². The third-order valence-corrected chi connectivity index (χ3v) is 5.23. The highest BCUT2D eigenvalue weighted by Gasteiger charge is 2.32. The summed E-state index contributed by atoms with van der Waals surface area (Å²) < 4.78 is 3.36. The summed E-state index contributed by atoms with van der Waals surface area (Å²) in [5, 5.41) is 4.86. The fraction of sp³-hybridized carbons (Fsp3) is 0.267. The zero-order chi connectivity index (χ0) is 16.7. The van der Waals surface area contributed by atoms with Gasteiger partial charge in [0.1, 0.15) is 11.4 Å². The number of ketones is 1. The molecule has 0 saturated heterocycles. The number of hydrogen-bond acceptors (Lipinski definition) is 5. The molecule has 0 amide bonds. The molecule has 1 aliphatic heterocycles. The van der Waals surface area contributed by atoms with Crippen molar-refractivity contribution in [3.63, 3.8) is 0 Å². The van der Waals surface area contributed by atoms with E-state index in [1.165, 1.54) is 23.0 Å². The zero-order valence-electron chi connectivity index (χ0n) is 12.6. The number of carbonyl (C=O) groups excluding carboxylic acids is 1. The minimum Gasteiger partial charge on any atom is -0.337 e. The molecule has 2 aromatic rings. The van der Waals surface area contributed by atoms with Crippen molar-refractivity contribution in [2.24, 2.45) is 7.05 Å². The molecule has 0 spiro atoms. The van der Waals surface area contributed by atoms with E-state index in [2.05, 4.69) is 21.2 Å². The van der Waals surface area contributed by atoms with E-state index in [-0.39, 0.29) is 11.3 Å². The molecule has 0 bridgehead atoms. The van der Waals surface area contributed by atoms with Gasteiger partial charge < -0.3 is 5.32 Å². The summed E-state index contributed by atoms with van der Waals surface area (Å²) in [4.78, 5) is 38.0. The molecule has 0 radical (unpaired) electrons. The summed E-state index contributed by atoms with van der Waals surface area (Å²) in [6.07, 6.45) is 2.41. The molecular formula is C15H14BrN3O3S. The largest absolute Gasteiger partial charge is 0.337 e. The molecule has 3 rings (SSSR count). The van der Waals surface area contributed by atoms with Crippen molar-refractivity contribution in [3.05, 3.63) is 52.9 Å². The number of carbonyl (C=O) groups is 1. The molecule has 23 heavy (non-hydrogen) atoms. The quantitative estimate of drug-likeness (QED) is 0.809. The highest BCUT2D eigenvalue weighted by molar-refractivity contribution is 9.10. The molecule has 120 valence electrons. The second kappa shape index (κ2) is 5.93. The van der Waals surface area contributed by atoms with Crippen molar-refractivity contribution in [3.8, 4) is 0 Å². The predicted molar refractivity (Wildman–Crippen MR) is 94.2 cm³/mol. The van der Waals surface area contributed by atoms with E-state index in [1.54, 1.807) is 6.08 Å². The van der Waals surface area contributed by atoms with E-state index < -0.39 is 11.2 Å². The average molecular weight is 396 g/mol. The fourth-order valence-electron chi connectivity index (χ4n) is 2.50. The van der Waals surface area contributed by atoms with Gasteiger partial charge in [0.05, 0.1) is 5.70 Å². The first-order valence-electron chi connectivity index (χ1n) is 7.05. The van der Waals surface area contributed by atoms with E-state index in [9.17, 15) is 14.4 Å². The van der Waals surface area contributed by atoms with Crippen molar-refractivity contribution in [2.75, 3.05) is 5.32 Å². The third-order valence-electron chi connectivity index (χ3n) is 3.59. The van der Waals surface area contributed by atoms with Crippen LogP contribution in [0.25, 0.3) is 6.08 Å². The summed E-state index contributed by atoms with van der Waals surface area (Å²) in [5.74, 6) is -0.0817.